The van der Waals surface area contributed by atoms with Crippen LogP contribution in [0.3, 0.4) is 0 Å². The summed E-state index contributed by atoms with van der Waals surface area (Å²) in [5.41, 5.74) is 3.63. The summed E-state index contributed by atoms with van der Waals surface area (Å²) >= 11 is 12.4. The molecule has 0 saturated carbocycles. The maximum Gasteiger partial charge on any atom is 0.264 e. The van der Waals surface area contributed by atoms with E-state index in [-0.39, 0.29) is 23.3 Å². The molecule has 0 bridgehead atoms. The Morgan fingerprint density at radius 2 is 1.52 bits per heavy atom. The molecule has 0 spiro atoms. The predicted octanol–water partition coefficient (Wildman–Crippen LogP) is 6.69. The number of hydrogen-bond donors (Lipinski definition) is 1. The molecular formula is C32H39Cl2N3O4S. The summed E-state index contributed by atoms with van der Waals surface area (Å²) < 4.78 is 29.3. The van der Waals surface area contributed by atoms with Crippen LogP contribution < -0.4 is 9.62 Å². The van der Waals surface area contributed by atoms with E-state index in [1.165, 1.54) is 17.0 Å². The topological polar surface area (TPSA) is 86.8 Å². The third-order valence-corrected chi connectivity index (χ3v) is 9.43. The molecule has 1 N–H and O–H groups in total. The highest BCUT2D eigenvalue weighted by atomic mass is 35.5. The van der Waals surface area contributed by atoms with Gasteiger partial charge >= 0.3 is 0 Å². The number of halogens is 2. The van der Waals surface area contributed by atoms with Crippen LogP contribution in [-0.2, 0) is 26.2 Å². The maximum absolute atomic E-state index is 14.2. The highest BCUT2D eigenvalue weighted by molar-refractivity contribution is 7.92. The van der Waals surface area contributed by atoms with Gasteiger partial charge in [-0.2, -0.15) is 0 Å². The highest BCUT2D eigenvalue weighted by Crippen LogP contribution is 2.29. The number of aryl methyl sites for hydroxylation is 3. The minimum Gasteiger partial charge on any atom is -0.354 e. The Kier molecular flexibility index (Phi) is 11.5. The third-order valence-electron chi connectivity index (χ3n) is 6.92. The van der Waals surface area contributed by atoms with Crippen molar-refractivity contribution >= 4 is 50.7 Å². The summed E-state index contributed by atoms with van der Waals surface area (Å²) in [7, 11) is -4.15. The zero-order valence-electron chi connectivity index (χ0n) is 24.9. The predicted molar refractivity (Wildman–Crippen MR) is 171 cm³/mol. The molecule has 3 rings (SSSR count). The summed E-state index contributed by atoms with van der Waals surface area (Å²) in [5.74, 6) is -0.618. The molecule has 0 fully saturated rings. The second kappa shape index (κ2) is 14.4. The number of amides is 2. The van der Waals surface area contributed by atoms with Crippen molar-refractivity contribution < 1.29 is 18.0 Å². The Morgan fingerprint density at radius 1 is 0.881 bits per heavy atom. The van der Waals surface area contributed by atoms with Gasteiger partial charge in [-0.25, -0.2) is 8.42 Å². The lowest BCUT2D eigenvalue weighted by atomic mass is 10.1. The largest absolute Gasteiger partial charge is 0.354 e. The molecule has 0 aliphatic carbocycles. The van der Waals surface area contributed by atoms with Gasteiger partial charge in [-0.15, -0.1) is 0 Å². The van der Waals surface area contributed by atoms with Gasteiger partial charge in [0.15, 0.2) is 0 Å². The molecule has 3 aromatic rings. The van der Waals surface area contributed by atoms with Gasteiger partial charge in [0, 0.05) is 13.1 Å². The van der Waals surface area contributed by atoms with E-state index in [1.807, 2.05) is 53.7 Å². The first kappa shape index (κ1) is 33.4. The molecular weight excluding hydrogens is 593 g/mol. The van der Waals surface area contributed by atoms with E-state index in [4.69, 9.17) is 23.2 Å². The van der Waals surface area contributed by atoms with Crippen LogP contribution in [0.15, 0.2) is 65.6 Å². The Labute approximate surface area is 259 Å². The van der Waals surface area contributed by atoms with Crippen LogP contribution in [0.2, 0.25) is 10.0 Å². The quantitative estimate of drug-likeness (QED) is 0.241. The molecule has 0 aromatic heterocycles. The number of sulfonamides is 1. The Morgan fingerprint density at radius 3 is 2.10 bits per heavy atom. The average molecular weight is 633 g/mol. The van der Waals surface area contributed by atoms with Gasteiger partial charge in [0.05, 0.1) is 20.6 Å². The van der Waals surface area contributed by atoms with Crippen LogP contribution in [0.4, 0.5) is 5.69 Å². The molecule has 2 amide bonds. The monoisotopic (exact) mass is 631 g/mol. The van der Waals surface area contributed by atoms with Crippen molar-refractivity contribution in [3.63, 3.8) is 0 Å². The SMILES string of the molecule is CC[C@H](C(=O)NCC(C)C)N(Cc1ccc(Cl)c(Cl)c1)C(=O)CN(c1ccc(C)cc1C)S(=O)(=O)c1ccc(C)cc1. The summed E-state index contributed by atoms with van der Waals surface area (Å²) in [6, 6.07) is 16.1. The number of nitrogens with one attached hydrogen (secondary N) is 1. The molecule has 10 heteroatoms. The maximum atomic E-state index is 14.2. The van der Waals surface area contributed by atoms with Crippen molar-refractivity contribution in [1.82, 2.24) is 10.2 Å². The number of hydrogen-bond acceptors (Lipinski definition) is 4. The smallest absolute Gasteiger partial charge is 0.264 e. The number of rotatable bonds is 12. The van der Waals surface area contributed by atoms with Crippen LogP contribution in [0.25, 0.3) is 0 Å². The summed E-state index contributed by atoms with van der Waals surface area (Å²) in [5, 5.41) is 3.61. The summed E-state index contributed by atoms with van der Waals surface area (Å²) in [4.78, 5) is 29.1. The van der Waals surface area contributed by atoms with E-state index >= 15 is 0 Å². The van der Waals surface area contributed by atoms with Gasteiger partial charge in [-0.1, -0.05) is 85.4 Å². The van der Waals surface area contributed by atoms with Gasteiger partial charge in [0.25, 0.3) is 10.0 Å². The van der Waals surface area contributed by atoms with Gasteiger partial charge in [-0.3, -0.25) is 13.9 Å². The van der Waals surface area contributed by atoms with E-state index in [0.29, 0.717) is 39.8 Å². The number of benzene rings is 3. The van der Waals surface area contributed by atoms with Gasteiger partial charge in [-0.05, 0) is 74.6 Å². The molecule has 0 radical (unpaired) electrons. The highest BCUT2D eigenvalue weighted by Gasteiger charge is 2.34. The molecule has 0 aliphatic rings. The minimum atomic E-state index is -4.15. The first-order valence-electron chi connectivity index (χ1n) is 13.9. The fraction of sp³-hybridized carbons (Fsp3) is 0.375. The number of nitrogens with zero attached hydrogens (tertiary/aromatic N) is 2. The first-order chi connectivity index (χ1) is 19.7. The molecule has 1 atom stereocenters. The lowest BCUT2D eigenvalue weighted by Gasteiger charge is -2.33. The molecule has 7 nitrogen and oxygen atoms in total. The van der Waals surface area contributed by atoms with E-state index in [2.05, 4.69) is 5.32 Å². The second-order valence-electron chi connectivity index (χ2n) is 10.9. The lowest BCUT2D eigenvalue weighted by molar-refractivity contribution is -0.140. The van der Waals surface area contributed by atoms with Crippen molar-refractivity contribution in [3.05, 3.63) is 93.0 Å². The number of anilines is 1. The molecule has 0 heterocycles. The molecule has 0 aliphatic heterocycles. The summed E-state index contributed by atoms with van der Waals surface area (Å²) in [6.07, 6.45) is 0.325. The average Bonchev–Trinajstić information content (AvgIpc) is 2.92. The van der Waals surface area contributed by atoms with Crippen molar-refractivity contribution in [3.8, 4) is 0 Å². The van der Waals surface area contributed by atoms with E-state index < -0.39 is 28.5 Å². The van der Waals surface area contributed by atoms with Gasteiger partial charge in [0.2, 0.25) is 11.8 Å². The van der Waals surface area contributed by atoms with Gasteiger partial charge in [0.1, 0.15) is 12.6 Å². The molecule has 42 heavy (non-hydrogen) atoms. The zero-order valence-corrected chi connectivity index (χ0v) is 27.3. The van der Waals surface area contributed by atoms with E-state index in [1.54, 1.807) is 36.4 Å². The third kappa shape index (κ3) is 8.27. The van der Waals surface area contributed by atoms with Crippen LogP contribution >= 0.6 is 23.2 Å². The van der Waals surface area contributed by atoms with Crippen molar-refractivity contribution in [2.75, 3.05) is 17.4 Å². The molecule has 0 saturated heterocycles. The first-order valence-corrected chi connectivity index (χ1v) is 16.1. The van der Waals surface area contributed by atoms with Crippen LogP contribution in [-0.4, -0.2) is 44.3 Å². The van der Waals surface area contributed by atoms with Crippen molar-refractivity contribution in [2.45, 2.75) is 65.4 Å². The minimum absolute atomic E-state index is 0.0363. The molecule has 226 valence electrons. The fourth-order valence-electron chi connectivity index (χ4n) is 4.61. The van der Waals surface area contributed by atoms with Crippen molar-refractivity contribution in [2.24, 2.45) is 5.92 Å². The van der Waals surface area contributed by atoms with Crippen LogP contribution in [0.1, 0.15) is 49.4 Å². The standard InChI is InChI=1S/C32H39Cl2N3O4S/c1-7-29(32(39)35-18-21(2)3)36(19-25-11-14-27(33)28(34)17-25)31(38)20-37(30-15-10-23(5)16-24(30)6)42(40,41)26-12-8-22(4)9-13-26/h8-17,21,29H,7,18-20H2,1-6H3,(H,35,39)/t29-/m1/s1. The van der Waals surface area contributed by atoms with E-state index in [0.717, 1.165) is 15.4 Å². The molecule has 3 aromatic carbocycles. The molecule has 0 unspecified atom stereocenters. The van der Waals surface area contributed by atoms with E-state index in [9.17, 15) is 18.0 Å². The fourth-order valence-corrected chi connectivity index (χ4v) is 6.41. The van der Waals surface area contributed by atoms with Crippen LogP contribution in [0.5, 0.6) is 0 Å². The van der Waals surface area contributed by atoms with Gasteiger partial charge < -0.3 is 10.2 Å². The van der Waals surface area contributed by atoms with Crippen molar-refractivity contribution in [1.29, 1.82) is 0 Å². The summed E-state index contributed by atoms with van der Waals surface area (Å²) in [6.45, 7) is 11.4. The Balaban J connectivity index is 2.09. The normalized spacial score (nSPS) is 12.2. The Bertz CT molecular complexity index is 1530. The number of carbonyl (C=O) groups excluding carboxylic acids is 2. The zero-order chi connectivity index (χ0) is 31.2. The van der Waals surface area contributed by atoms with Crippen LogP contribution in [0, 0.1) is 26.7 Å². The second-order valence-corrected chi connectivity index (χ2v) is 13.6. The Hall–Kier alpha value is -3.07. The lowest BCUT2D eigenvalue weighted by Crippen LogP contribution is -2.52. The number of carbonyl (C=O) groups is 2.